The lowest BCUT2D eigenvalue weighted by Crippen LogP contribution is -2.41. The SMILES string of the molecule is CC[C@@H](COC(=O)Nc1ccc(Cl)c(Cl)c1)N1C(=O)CS[C@@H]1c1ccc(Cl)cc1. The van der Waals surface area contributed by atoms with Gasteiger partial charge in [0.2, 0.25) is 5.91 Å². The third-order valence-electron chi connectivity index (χ3n) is 4.50. The van der Waals surface area contributed by atoms with Crippen LogP contribution < -0.4 is 5.32 Å². The molecule has 1 N–H and O–H groups in total. The molecule has 0 spiro atoms. The molecule has 5 nitrogen and oxygen atoms in total. The Kier molecular flexibility index (Phi) is 7.57. The van der Waals surface area contributed by atoms with Crippen molar-refractivity contribution in [3.63, 3.8) is 0 Å². The standard InChI is InChI=1S/C20H19Cl3N2O3S/c1-2-15(10-28-20(27)24-14-7-8-16(22)17(23)9-14)25-18(26)11-29-19(25)12-3-5-13(21)6-4-12/h3-9,15,19H,2,10-11H2,1H3,(H,24,27)/t15-,19+/m0/s1. The molecule has 1 saturated heterocycles. The molecule has 1 aliphatic heterocycles. The number of halogens is 3. The number of benzene rings is 2. The van der Waals surface area contributed by atoms with Crippen LogP contribution >= 0.6 is 46.6 Å². The van der Waals surface area contributed by atoms with Gasteiger partial charge in [-0.05, 0) is 42.3 Å². The van der Waals surface area contributed by atoms with Gasteiger partial charge in [0.25, 0.3) is 0 Å². The van der Waals surface area contributed by atoms with Gasteiger partial charge in [0.15, 0.2) is 0 Å². The number of nitrogens with one attached hydrogen (secondary N) is 1. The summed E-state index contributed by atoms with van der Waals surface area (Å²) in [6.07, 6.45) is 0.0281. The van der Waals surface area contributed by atoms with E-state index in [9.17, 15) is 9.59 Å². The topological polar surface area (TPSA) is 58.6 Å². The van der Waals surface area contributed by atoms with Crippen LogP contribution in [0.5, 0.6) is 0 Å². The molecule has 2 aromatic rings. The zero-order valence-electron chi connectivity index (χ0n) is 15.5. The molecule has 1 heterocycles. The van der Waals surface area contributed by atoms with Crippen LogP contribution in [0.2, 0.25) is 15.1 Å². The largest absolute Gasteiger partial charge is 0.447 e. The summed E-state index contributed by atoms with van der Waals surface area (Å²) in [6.45, 7) is 2.04. The average molecular weight is 474 g/mol. The summed E-state index contributed by atoms with van der Waals surface area (Å²) in [5, 5.41) is 3.86. The zero-order chi connectivity index (χ0) is 21.0. The Morgan fingerprint density at radius 1 is 1.21 bits per heavy atom. The molecule has 3 rings (SSSR count). The fourth-order valence-electron chi connectivity index (χ4n) is 3.01. The summed E-state index contributed by atoms with van der Waals surface area (Å²) in [6, 6.07) is 12.0. The molecule has 0 radical (unpaired) electrons. The smallest absolute Gasteiger partial charge is 0.411 e. The fourth-order valence-corrected chi connectivity index (χ4v) is 4.68. The molecule has 0 aromatic heterocycles. The molecule has 0 unspecified atom stereocenters. The normalized spacial score (nSPS) is 17.3. The van der Waals surface area contributed by atoms with Crippen molar-refractivity contribution < 1.29 is 14.3 Å². The lowest BCUT2D eigenvalue weighted by atomic mass is 10.1. The van der Waals surface area contributed by atoms with Gasteiger partial charge in [0.05, 0.1) is 21.8 Å². The van der Waals surface area contributed by atoms with Gasteiger partial charge < -0.3 is 9.64 Å². The molecule has 1 fully saturated rings. The Hall–Kier alpha value is -1.60. The molecule has 1 aliphatic rings. The minimum absolute atomic E-state index is 0.0234. The number of hydrogen-bond acceptors (Lipinski definition) is 4. The van der Waals surface area contributed by atoms with E-state index in [1.807, 2.05) is 19.1 Å². The predicted molar refractivity (Wildman–Crippen MR) is 119 cm³/mol. The van der Waals surface area contributed by atoms with Gasteiger partial charge in [-0.25, -0.2) is 4.79 Å². The van der Waals surface area contributed by atoms with Crippen molar-refractivity contribution in [1.29, 1.82) is 0 Å². The summed E-state index contributed by atoms with van der Waals surface area (Å²) in [5.74, 6) is 0.412. The first-order chi connectivity index (χ1) is 13.9. The van der Waals surface area contributed by atoms with Crippen molar-refractivity contribution in [2.45, 2.75) is 24.8 Å². The number of hydrogen-bond donors (Lipinski definition) is 1. The number of carbonyl (C=O) groups is 2. The van der Waals surface area contributed by atoms with E-state index in [1.165, 1.54) is 0 Å². The van der Waals surface area contributed by atoms with Crippen LogP contribution in [-0.2, 0) is 9.53 Å². The number of nitrogens with zero attached hydrogens (tertiary/aromatic N) is 1. The molecule has 2 aromatic carbocycles. The fraction of sp³-hybridized carbons (Fsp3) is 0.300. The number of anilines is 1. The van der Waals surface area contributed by atoms with Gasteiger partial charge in [0, 0.05) is 10.7 Å². The van der Waals surface area contributed by atoms with Crippen molar-refractivity contribution in [1.82, 2.24) is 4.90 Å². The van der Waals surface area contributed by atoms with Gasteiger partial charge in [-0.2, -0.15) is 0 Å². The summed E-state index contributed by atoms with van der Waals surface area (Å²) in [7, 11) is 0. The van der Waals surface area contributed by atoms with Crippen molar-refractivity contribution >= 4 is 64.3 Å². The van der Waals surface area contributed by atoms with E-state index < -0.39 is 6.09 Å². The second kappa shape index (κ2) is 9.94. The minimum Gasteiger partial charge on any atom is -0.447 e. The summed E-state index contributed by atoms with van der Waals surface area (Å²) in [4.78, 5) is 26.5. The van der Waals surface area contributed by atoms with Crippen molar-refractivity contribution in [3.05, 3.63) is 63.1 Å². The van der Waals surface area contributed by atoms with Gasteiger partial charge in [-0.3, -0.25) is 10.1 Å². The Labute approximate surface area is 188 Å². The third kappa shape index (κ3) is 5.51. The highest BCUT2D eigenvalue weighted by Gasteiger charge is 2.37. The van der Waals surface area contributed by atoms with Gasteiger partial charge in [0.1, 0.15) is 12.0 Å². The molecule has 29 heavy (non-hydrogen) atoms. The molecule has 2 atom stereocenters. The van der Waals surface area contributed by atoms with E-state index >= 15 is 0 Å². The van der Waals surface area contributed by atoms with Crippen LogP contribution in [0, 0.1) is 0 Å². The Morgan fingerprint density at radius 2 is 1.93 bits per heavy atom. The molecule has 154 valence electrons. The van der Waals surface area contributed by atoms with Gasteiger partial charge in [-0.15, -0.1) is 11.8 Å². The lowest BCUT2D eigenvalue weighted by molar-refractivity contribution is -0.131. The molecule has 9 heteroatoms. The van der Waals surface area contributed by atoms with E-state index in [4.69, 9.17) is 39.5 Å². The quantitative estimate of drug-likeness (QED) is 0.539. The van der Waals surface area contributed by atoms with Crippen LogP contribution in [0.15, 0.2) is 42.5 Å². The van der Waals surface area contributed by atoms with Crippen LogP contribution in [-0.4, -0.2) is 35.3 Å². The summed E-state index contributed by atoms with van der Waals surface area (Å²) < 4.78 is 5.38. The van der Waals surface area contributed by atoms with E-state index in [1.54, 1.807) is 47.0 Å². The van der Waals surface area contributed by atoms with Crippen molar-refractivity contribution in [3.8, 4) is 0 Å². The highest BCUT2D eigenvalue weighted by atomic mass is 35.5. The van der Waals surface area contributed by atoms with E-state index in [0.29, 0.717) is 32.9 Å². The average Bonchev–Trinajstić information content (AvgIpc) is 3.07. The first-order valence-corrected chi connectivity index (χ1v) is 11.1. The first kappa shape index (κ1) is 22.1. The Bertz CT molecular complexity index is 895. The molecule has 2 amide bonds. The summed E-state index contributed by atoms with van der Waals surface area (Å²) in [5.41, 5.74) is 1.47. The number of amides is 2. The predicted octanol–water partition coefficient (Wildman–Crippen LogP) is 6.25. The molecule has 0 aliphatic carbocycles. The maximum atomic E-state index is 12.5. The van der Waals surface area contributed by atoms with Gasteiger partial charge >= 0.3 is 6.09 Å². The van der Waals surface area contributed by atoms with Crippen LogP contribution in [0.25, 0.3) is 0 Å². The highest BCUT2D eigenvalue weighted by Crippen LogP contribution is 2.40. The Balaban J connectivity index is 1.64. The van der Waals surface area contributed by atoms with E-state index in [0.717, 1.165) is 5.56 Å². The van der Waals surface area contributed by atoms with Crippen LogP contribution in [0.4, 0.5) is 10.5 Å². The van der Waals surface area contributed by atoms with Crippen molar-refractivity contribution in [2.24, 2.45) is 0 Å². The second-order valence-electron chi connectivity index (χ2n) is 6.43. The Morgan fingerprint density at radius 3 is 2.59 bits per heavy atom. The molecule has 0 saturated carbocycles. The first-order valence-electron chi connectivity index (χ1n) is 8.96. The van der Waals surface area contributed by atoms with E-state index in [-0.39, 0.29) is 23.9 Å². The minimum atomic E-state index is -0.621. The van der Waals surface area contributed by atoms with Crippen molar-refractivity contribution in [2.75, 3.05) is 17.7 Å². The highest BCUT2D eigenvalue weighted by molar-refractivity contribution is 8.00. The lowest BCUT2D eigenvalue weighted by Gasteiger charge is -2.32. The number of thioether (sulfide) groups is 1. The number of rotatable bonds is 6. The monoisotopic (exact) mass is 472 g/mol. The summed E-state index contributed by atoms with van der Waals surface area (Å²) >= 11 is 19.4. The zero-order valence-corrected chi connectivity index (χ0v) is 18.6. The number of carbonyl (C=O) groups excluding carboxylic acids is 2. The van der Waals surface area contributed by atoms with Gasteiger partial charge in [-0.1, -0.05) is 53.9 Å². The van der Waals surface area contributed by atoms with Crippen LogP contribution in [0.3, 0.4) is 0 Å². The molecule has 0 bridgehead atoms. The van der Waals surface area contributed by atoms with Crippen LogP contribution in [0.1, 0.15) is 24.3 Å². The second-order valence-corrected chi connectivity index (χ2v) is 8.75. The number of ether oxygens (including phenoxy) is 1. The van der Waals surface area contributed by atoms with E-state index in [2.05, 4.69) is 5.32 Å². The maximum Gasteiger partial charge on any atom is 0.411 e. The molecular weight excluding hydrogens is 455 g/mol. The maximum absolute atomic E-state index is 12.5. The third-order valence-corrected chi connectivity index (χ3v) is 6.72. The molecular formula is C20H19Cl3N2O3S.